The molecule has 0 saturated heterocycles. The van der Waals surface area contributed by atoms with Crippen molar-refractivity contribution in [2.45, 2.75) is 38.9 Å². The molecule has 0 saturated carbocycles. The van der Waals surface area contributed by atoms with Crippen molar-refractivity contribution in [2.24, 2.45) is 0 Å². The second-order valence-corrected chi connectivity index (χ2v) is 5.03. The number of hydrogen-bond acceptors (Lipinski definition) is 2. The zero-order valence-electron chi connectivity index (χ0n) is 11.9. The molecule has 2 N–H and O–H groups in total. The summed E-state index contributed by atoms with van der Waals surface area (Å²) in [5, 5.41) is 5.56. The molecule has 0 aliphatic heterocycles. The number of carbonyl (C=O) groups excluding carboxylic acids is 1. The van der Waals surface area contributed by atoms with Gasteiger partial charge in [0.1, 0.15) is 0 Å². The minimum Gasteiger partial charge on any atom is -0.375 e. The van der Waals surface area contributed by atoms with Crippen LogP contribution in [0.2, 0.25) is 5.02 Å². The maximum Gasteiger partial charge on any atom is 0.416 e. The van der Waals surface area contributed by atoms with Crippen LogP contribution in [0.15, 0.2) is 18.2 Å². The lowest BCUT2D eigenvalue weighted by molar-refractivity contribution is -0.137. The summed E-state index contributed by atoms with van der Waals surface area (Å²) in [6.07, 6.45) is -2.85. The average molecular weight is 323 g/mol. The molecule has 0 heterocycles. The molecule has 0 aliphatic carbocycles. The van der Waals surface area contributed by atoms with Crippen molar-refractivity contribution in [1.29, 1.82) is 0 Å². The van der Waals surface area contributed by atoms with E-state index < -0.39 is 11.7 Å². The predicted molar refractivity (Wildman–Crippen MR) is 77.5 cm³/mol. The van der Waals surface area contributed by atoms with Crippen LogP contribution >= 0.6 is 11.6 Å². The van der Waals surface area contributed by atoms with E-state index in [-0.39, 0.29) is 29.2 Å². The van der Waals surface area contributed by atoms with E-state index in [2.05, 4.69) is 10.6 Å². The summed E-state index contributed by atoms with van der Waals surface area (Å²) in [6, 6.07) is 3.02. The van der Waals surface area contributed by atoms with Crippen molar-refractivity contribution in [3.05, 3.63) is 28.8 Å². The molecule has 0 spiro atoms. The number of carbonyl (C=O) groups is 1. The molecular weight excluding hydrogens is 305 g/mol. The number of hydrogen-bond donors (Lipinski definition) is 2. The third-order valence-electron chi connectivity index (χ3n) is 3.08. The molecule has 0 fully saturated rings. The fraction of sp³-hybridized carbons (Fsp3) is 0.500. The van der Waals surface area contributed by atoms with Crippen molar-refractivity contribution in [3.8, 4) is 0 Å². The van der Waals surface area contributed by atoms with E-state index in [1.807, 2.05) is 13.8 Å². The Hall–Kier alpha value is -1.43. The lowest BCUT2D eigenvalue weighted by Crippen LogP contribution is -2.37. The van der Waals surface area contributed by atoms with Crippen LogP contribution in [0.1, 0.15) is 32.3 Å². The standard InChI is InChI=1S/C14H18ClF3N2O/c1-3-10(4-2)20-13(21)8-19-12-7-9(14(16,17)18)5-6-11(12)15/h5-7,10,19H,3-4,8H2,1-2H3,(H,20,21). The molecule has 1 rings (SSSR count). The topological polar surface area (TPSA) is 41.1 Å². The number of benzene rings is 1. The van der Waals surface area contributed by atoms with Crippen LogP contribution in [0.25, 0.3) is 0 Å². The highest BCUT2D eigenvalue weighted by Crippen LogP contribution is 2.33. The van der Waals surface area contributed by atoms with Gasteiger partial charge in [-0.1, -0.05) is 25.4 Å². The van der Waals surface area contributed by atoms with Crippen molar-refractivity contribution in [2.75, 3.05) is 11.9 Å². The van der Waals surface area contributed by atoms with Gasteiger partial charge in [0.2, 0.25) is 5.91 Å². The Labute approximate surface area is 126 Å². The molecule has 1 aromatic carbocycles. The van der Waals surface area contributed by atoms with Gasteiger partial charge in [0.25, 0.3) is 0 Å². The second-order valence-electron chi connectivity index (χ2n) is 4.63. The molecule has 0 aromatic heterocycles. The molecule has 0 atom stereocenters. The third kappa shape index (κ3) is 5.46. The molecule has 1 amide bonds. The van der Waals surface area contributed by atoms with Gasteiger partial charge < -0.3 is 10.6 Å². The van der Waals surface area contributed by atoms with Gasteiger partial charge >= 0.3 is 6.18 Å². The van der Waals surface area contributed by atoms with Crippen LogP contribution in [-0.2, 0) is 11.0 Å². The van der Waals surface area contributed by atoms with Crippen molar-refractivity contribution < 1.29 is 18.0 Å². The lowest BCUT2D eigenvalue weighted by atomic mass is 10.1. The molecule has 3 nitrogen and oxygen atoms in total. The second kappa shape index (κ2) is 7.54. The maximum absolute atomic E-state index is 12.6. The third-order valence-corrected chi connectivity index (χ3v) is 3.41. The number of amides is 1. The number of anilines is 1. The number of rotatable bonds is 6. The van der Waals surface area contributed by atoms with Crippen LogP contribution in [0.5, 0.6) is 0 Å². The Balaban J connectivity index is 2.69. The first-order valence-corrected chi connectivity index (χ1v) is 7.05. The number of alkyl halides is 3. The molecule has 7 heteroatoms. The van der Waals surface area contributed by atoms with E-state index in [4.69, 9.17) is 11.6 Å². The Morgan fingerprint density at radius 1 is 1.29 bits per heavy atom. The van der Waals surface area contributed by atoms with Crippen LogP contribution in [0.4, 0.5) is 18.9 Å². The molecule has 0 bridgehead atoms. The summed E-state index contributed by atoms with van der Waals surface area (Å²) < 4.78 is 37.8. The highest BCUT2D eigenvalue weighted by atomic mass is 35.5. The Kier molecular flexibility index (Phi) is 6.33. The quantitative estimate of drug-likeness (QED) is 0.828. The van der Waals surface area contributed by atoms with Gasteiger partial charge in [0.15, 0.2) is 0 Å². The maximum atomic E-state index is 12.6. The molecular formula is C14H18ClF3N2O. The molecule has 21 heavy (non-hydrogen) atoms. The van der Waals surface area contributed by atoms with E-state index in [0.29, 0.717) is 0 Å². The summed E-state index contributed by atoms with van der Waals surface area (Å²) in [6.45, 7) is 3.77. The van der Waals surface area contributed by atoms with Crippen LogP contribution in [0, 0.1) is 0 Å². The Morgan fingerprint density at radius 2 is 1.90 bits per heavy atom. The minimum atomic E-state index is -4.45. The summed E-state index contributed by atoms with van der Waals surface area (Å²) in [4.78, 5) is 11.7. The molecule has 0 aliphatic rings. The van der Waals surface area contributed by atoms with E-state index in [1.54, 1.807) is 0 Å². The zero-order valence-corrected chi connectivity index (χ0v) is 12.6. The van der Waals surface area contributed by atoms with Crippen LogP contribution < -0.4 is 10.6 Å². The first kappa shape index (κ1) is 17.6. The fourth-order valence-electron chi connectivity index (χ4n) is 1.78. The van der Waals surface area contributed by atoms with Crippen molar-refractivity contribution in [3.63, 3.8) is 0 Å². The molecule has 118 valence electrons. The van der Waals surface area contributed by atoms with Gasteiger partial charge in [-0.3, -0.25) is 4.79 Å². The SMILES string of the molecule is CCC(CC)NC(=O)CNc1cc(C(F)(F)F)ccc1Cl. The Morgan fingerprint density at radius 3 is 2.43 bits per heavy atom. The van der Waals surface area contributed by atoms with Crippen molar-refractivity contribution >= 4 is 23.2 Å². The molecule has 0 radical (unpaired) electrons. The first-order valence-electron chi connectivity index (χ1n) is 6.67. The summed E-state index contributed by atoms with van der Waals surface area (Å²) >= 11 is 5.83. The lowest BCUT2D eigenvalue weighted by Gasteiger charge is -2.16. The summed E-state index contributed by atoms with van der Waals surface area (Å²) in [5.41, 5.74) is -0.721. The fourth-order valence-corrected chi connectivity index (χ4v) is 1.97. The highest BCUT2D eigenvalue weighted by Gasteiger charge is 2.30. The van der Waals surface area contributed by atoms with Crippen LogP contribution in [0.3, 0.4) is 0 Å². The van der Waals surface area contributed by atoms with Gasteiger partial charge in [-0.05, 0) is 31.0 Å². The van der Waals surface area contributed by atoms with Gasteiger partial charge in [0, 0.05) is 6.04 Å². The summed E-state index contributed by atoms with van der Waals surface area (Å²) in [5.74, 6) is -0.280. The van der Waals surface area contributed by atoms with Crippen LogP contribution in [-0.4, -0.2) is 18.5 Å². The monoisotopic (exact) mass is 322 g/mol. The van der Waals surface area contributed by atoms with Gasteiger partial charge in [0.05, 0.1) is 22.8 Å². The highest BCUT2D eigenvalue weighted by molar-refractivity contribution is 6.33. The average Bonchev–Trinajstić information content (AvgIpc) is 2.42. The smallest absolute Gasteiger partial charge is 0.375 e. The number of nitrogens with one attached hydrogen (secondary N) is 2. The van der Waals surface area contributed by atoms with E-state index >= 15 is 0 Å². The van der Waals surface area contributed by atoms with E-state index in [9.17, 15) is 18.0 Å². The first-order chi connectivity index (χ1) is 9.77. The predicted octanol–water partition coefficient (Wildman–Crippen LogP) is 4.08. The molecule has 1 aromatic rings. The zero-order chi connectivity index (χ0) is 16.0. The summed E-state index contributed by atoms with van der Waals surface area (Å²) in [7, 11) is 0. The van der Waals surface area contributed by atoms with Gasteiger partial charge in [-0.25, -0.2) is 0 Å². The minimum absolute atomic E-state index is 0.0660. The van der Waals surface area contributed by atoms with E-state index in [1.165, 1.54) is 0 Å². The van der Waals surface area contributed by atoms with Crippen molar-refractivity contribution in [1.82, 2.24) is 5.32 Å². The van der Waals surface area contributed by atoms with Gasteiger partial charge in [-0.15, -0.1) is 0 Å². The van der Waals surface area contributed by atoms with E-state index in [0.717, 1.165) is 31.0 Å². The largest absolute Gasteiger partial charge is 0.416 e. The molecule has 0 unspecified atom stereocenters. The number of halogens is 4. The normalized spacial score (nSPS) is 11.6. The van der Waals surface area contributed by atoms with Gasteiger partial charge in [-0.2, -0.15) is 13.2 Å². The Bertz CT molecular complexity index is 488.